The highest BCUT2D eigenvalue weighted by Crippen LogP contribution is 2.44. The summed E-state index contributed by atoms with van der Waals surface area (Å²) in [5, 5.41) is 23.7. The Morgan fingerprint density at radius 2 is 1.56 bits per heavy atom. The summed E-state index contributed by atoms with van der Waals surface area (Å²) in [6.07, 6.45) is -0.642. The third-order valence-electron chi connectivity index (χ3n) is 5.92. The number of rotatable bonds is 8. The van der Waals surface area contributed by atoms with Crippen LogP contribution in [0.2, 0.25) is 0 Å². The van der Waals surface area contributed by atoms with Crippen molar-refractivity contribution in [2.24, 2.45) is 5.92 Å². The standard InChI is InChI=1S/C24H28N2O6/c1-14(21(27)25-13-24(3,31)22(28)29)15(2)26-23(30)32-12-20-18-10-6-4-8-16(18)17-9-5-7-11-19(17)20/h4-11,14-15,20,31H,12-13H2,1-3H3,(H,25,27)(H,26,30)(H,28,29). The number of aliphatic hydroxyl groups is 1. The van der Waals surface area contributed by atoms with Crippen LogP contribution in [-0.4, -0.2) is 53.0 Å². The largest absolute Gasteiger partial charge is 0.479 e. The van der Waals surface area contributed by atoms with Crippen molar-refractivity contribution in [2.45, 2.75) is 38.3 Å². The second-order valence-corrected chi connectivity index (χ2v) is 8.34. The monoisotopic (exact) mass is 440 g/mol. The van der Waals surface area contributed by atoms with E-state index in [1.165, 1.54) is 0 Å². The number of alkyl carbamates (subject to hydrolysis) is 1. The molecule has 3 unspecified atom stereocenters. The molecule has 1 aliphatic carbocycles. The molecular formula is C24H28N2O6. The molecule has 0 radical (unpaired) electrons. The Morgan fingerprint density at radius 1 is 1.03 bits per heavy atom. The highest BCUT2D eigenvalue weighted by Gasteiger charge is 2.32. The molecule has 0 fully saturated rings. The zero-order chi connectivity index (χ0) is 23.5. The molecule has 32 heavy (non-hydrogen) atoms. The minimum absolute atomic E-state index is 0.0672. The summed E-state index contributed by atoms with van der Waals surface area (Å²) in [7, 11) is 0. The fraction of sp³-hybridized carbons (Fsp3) is 0.375. The lowest BCUT2D eigenvalue weighted by atomic mass is 9.98. The van der Waals surface area contributed by atoms with Gasteiger partial charge in [-0.1, -0.05) is 55.5 Å². The van der Waals surface area contributed by atoms with Crippen molar-refractivity contribution >= 4 is 18.0 Å². The van der Waals surface area contributed by atoms with E-state index in [4.69, 9.17) is 9.84 Å². The lowest BCUT2D eigenvalue weighted by molar-refractivity contribution is -0.156. The lowest BCUT2D eigenvalue weighted by Gasteiger charge is -2.23. The van der Waals surface area contributed by atoms with Crippen LogP contribution in [-0.2, 0) is 14.3 Å². The van der Waals surface area contributed by atoms with Crippen LogP contribution >= 0.6 is 0 Å². The van der Waals surface area contributed by atoms with Crippen molar-refractivity contribution in [3.8, 4) is 11.1 Å². The predicted octanol–water partition coefficient (Wildman–Crippen LogP) is 2.50. The first-order valence-corrected chi connectivity index (χ1v) is 10.5. The minimum atomic E-state index is -2.07. The van der Waals surface area contributed by atoms with E-state index in [1.54, 1.807) is 13.8 Å². The maximum absolute atomic E-state index is 12.4. The first-order chi connectivity index (χ1) is 15.1. The zero-order valence-electron chi connectivity index (χ0n) is 18.3. The van der Waals surface area contributed by atoms with Crippen LogP contribution in [0.15, 0.2) is 48.5 Å². The van der Waals surface area contributed by atoms with E-state index in [2.05, 4.69) is 22.8 Å². The number of ether oxygens (including phenoxy) is 1. The molecule has 0 aromatic heterocycles. The van der Waals surface area contributed by atoms with Crippen molar-refractivity contribution in [2.75, 3.05) is 13.2 Å². The number of amides is 2. The predicted molar refractivity (Wildman–Crippen MR) is 118 cm³/mol. The molecule has 1 aliphatic rings. The van der Waals surface area contributed by atoms with Crippen LogP contribution in [0.3, 0.4) is 0 Å². The summed E-state index contributed by atoms with van der Waals surface area (Å²) in [5.74, 6) is -2.66. The molecule has 0 saturated carbocycles. The van der Waals surface area contributed by atoms with Crippen LogP contribution in [0.5, 0.6) is 0 Å². The Bertz CT molecular complexity index is 974. The molecule has 2 aromatic carbocycles. The molecule has 8 nitrogen and oxygen atoms in total. The number of benzene rings is 2. The van der Waals surface area contributed by atoms with E-state index in [9.17, 15) is 19.5 Å². The van der Waals surface area contributed by atoms with Crippen LogP contribution in [0.1, 0.15) is 37.8 Å². The highest BCUT2D eigenvalue weighted by atomic mass is 16.5. The van der Waals surface area contributed by atoms with Gasteiger partial charge in [0.1, 0.15) is 6.61 Å². The van der Waals surface area contributed by atoms with Gasteiger partial charge in [-0.3, -0.25) is 4.79 Å². The molecule has 4 N–H and O–H groups in total. The van der Waals surface area contributed by atoms with E-state index >= 15 is 0 Å². The first-order valence-electron chi connectivity index (χ1n) is 10.5. The van der Waals surface area contributed by atoms with Crippen molar-refractivity contribution in [3.05, 3.63) is 59.7 Å². The van der Waals surface area contributed by atoms with Gasteiger partial charge in [0.15, 0.2) is 5.60 Å². The van der Waals surface area contributed by atoms with Crippen molar-refractivity contribution in [1.29, 1.82) is 0 Å². The Labute approximate surface area is 186 Å². The SMILES string of the molecule is CC(NC(=O)OCC1c2ccccc2-c2ccccc21)C(C)C(=O)NCC(C)(O)C(=O)O. The molecule has 2 aromatic rings. The summed E-state index contributed by atoms with van der Waals surface area (Å²) < 4.78 is 5.49. The van der Waals surface area contributed by atoms with E-state index in [0.717, 1.165) is 29.2 Å². The maximum atomic E-state index is 12.4. The Hall–Kier alpha value is -3.39. The molecule has 2 amide bonds. The van der Waals surface area contributed by atoms with Crippen LogP contribution in [0.25, 0.3) is 11.1 Å². The van der Waals surface area contributed by atoms with Gasteiger partial charge in [0.25, 0.3) is 0 Å². The topological polar surface area (TPSA) is 125 Å². The molecule has 0 spiro atoms. The van der Waals surface area contributed by atoms with Gasteiger partial charge < -0.3 is 25.6 Å². The van der Waals surface area contributed by atoms with Gasteiger partial charge in [-0.2, -0.15) is 0 Å². The molecule has 0 aliphatic heterocycles. The van der Waals surface area contributed by atoms with Gasteiger partial charge in [-0.05, 0) is 36.1 Å². The molecule has 3 atom stereocenters. The average Bonchev–Trinajstić information content (AvgIpc) is 3.09. The smallest absolute Gasteiger partial charge is 0.407 e. The molecule has 8 heteroatoms. The molecule has 0 bridgehead atoms. The number of nitrogens with one attached hydrogen (secondary N) is 2. The fourth-order valence-corrected chi connectivity index (χ4v) is 3.67. The average molecular weight is 440 g/mol. The first kappa shape index (κ1) is 23.3. The van der Waals surface area contributed by atoms with Crippen LogP contribution < -0.4 is 10.6 Å². The summed E-state index contributed by atoms with van der Waals surface area (Å²) >= 11 is 0. The number of carboxylic acids is 1. The van der Waals surface area contributed by atoms with Crippen LogP contribution in [0, 0.1) is 5.92 Å². The van der Waals surface area contributed by atoms with E-state index in [1.807, 2.05) is 36.4 Å². The van der Waals surface area contributed by atoms with Gasteiger partial charge in [-0.25, -0.2) is 9.59 Å². The summed E-state index contributed by atoms with van der Waals surface area (Å²) in [5.41, 5.74) is 2.40. The second kappa shape index (κ2) is 9.40. The summed E-state index contributed by atoms with van der Waals surface area (Å²) in [4.78, 5) is 35.6. The van der Waals surface area contributed by atoms with Crippen molar-refractivity contribution in [3.63, 3.8) is 0 Å². The van der Waals surface area contributed by atoms with Gasteiger partial charge >= 0.3 is 12.1 Å². The lowest BCUT2D eigenvalue weighted by Crippen LogP contribution is -2.50. The molecular weight excluding hydrogens is 412 g/mol. The minimum Gasteiger partial charge on any atom is -0.479 e. The Kier molecular flexibility index (Phi) is 6.84. The highest BCUT2D eigenvalue weighted by molar-refractivity contribution is 5.82. The summed E-state index contributed by atoms with van der Waals surface area (Å²) in [6.45, 7) is 4.07. The van der Waals surface area contributed by atoms with Crippen molar-refractivity contribution < 1.29 is 29.3 Å². The third kappa shape index (κ3) is 4.91. The number of fused-ring (bicyclic) bond motifs is 3. The van der Waals surface area contributed by atoms with Gasteiger partial charge in [-0.15, -0.1) is 0 Å². The quantitative estimate of drug-likeness (QED) is 0.500. The molecule has 0 heterocycles. The van der Waals surface area contributed by atoms with E-state index in [0.29, 0.717) is 0 Å². The van der Waals surface area contributed by atoms with Gasteiger partial charge in [0, 0.05) is 12.0 Å². The number of hydrogen-bond donors (Lipinski definition) is 4. The number of carbonyl (C=O) groups is 3. The number of aliphatic carboxylic acids is 1. The summed E-state index contributed by atoms with van der Waals surface area (Å²) in [6, 6.07) is 15.5. The normalized spacial score (nSPS) is 16.1. The van der Waals surface area contributed by atoms with Crippen molar-refractivity contribution in [1.82, 2.24) is 10.6 Å². The molecule has 0 saturated heterocycles. The van der Waals surface area contributed by atoms with Gasteiger partial charge in [0.05, 0.1) is 12.5 Å². The Balaban J connectivity index is 1.55. The Morgan fingerprint density at radius 3 is 2.09 bits per heavy atom. The fourth-order valence-electron chi connectivity index (χ4n) is 3.67. The maximum Gasteiger partial charge on any atom is 0.407 e. The second-order valence-electron chi connectivity index (χ2n) is 8.34. The zero-order valence-corrected chi connectivity index (χ0v) is 18.3. The third-order valence-corrected chi connectivity index (χ3v) is 5.92. The van der Waals surface area contributed by atoms with E-state index in [-0.39, 0.29) is 12.5 Å². The van der Waals surface area contributed by atoms with E-state index < -0.39 is 42.1 Å². The molecule has 170 valence electrons. The number of carbonyl (C=O) groups excluding carboxylic acids is 2. The number of carboxylic acid groups (broad SMARTS) is 1. The van der Waals surface area contributed by atoms with Gasteiger partial charge in [0.2, 0.25) is 5.91 Å². The number of hydrogen-bond acceptors (Lipinski definition) is 5. The molecule has 3 rings (SSSR count). The van der Waals surface area contributed by atoms with Crippen LogP contribution in [0.4, 0.5) is 4.79 Å².